The second-order valence-corrected chi connectivity index (χ2v) is 2.71. The monoisotopic (exact) mass is 225 g/mol. The van der Waals surface area contributed by atoms with Crippen LogP contribution in [0, 0.1) is 33.6 Å². The second-order valence-electron chi connectivity index (χ2n) is 2.71. The van der Waals surface area contributed by atoms with Gasteiger partial charge in [0.2, 0.25) is 5.82 Å². The van der Waals surface area contributed by atoms with E-state index in [2.05, 4.69) is 11.8 Å². The van der Waals surface area contributed by atoms with Gasteiger partial charge in [0.1, 0.15) is 12.1 Å². The molecule has 0 amide bonds. The molecule has 0 saturated carbocycles. The largest absolute Gasteiger partial charge is 0.306 e. The second kappa shape index (κ2) is 4.98. The minimum absolute atomic E-state index is 0.120. The number of hydrogen-bond acceptors (Lipinski definition) is 3. The smallest absolute Gasteiger partial charge is 0.302 e. The van der Waals surface area contributed by atoms with Gasteiger partial charge in [-0.3, -0.25) is 10.1 Å². The van der Waals surface area contributed by atoms with Crippen LogP contribution in [0.5, 0.6) is 0 Å². The zero-order valence-corrected chi connectivity index (χ0v) is 7.87. The lowest BCUT2D eigenvalue weighted by atomic mass is 10.2. The van der Waals surface area contributed by atoms with E-state index in [-0.39, 0.29) is 12.0 Å². The fourth-order valence-electron chi connectivity index (χ4n) is 0.961. The van der Waals surface area contributed by atoms with Crippen LogP contribution in [0.4, 0.5) is 14.5 Å². The average molecular weight is 225 g/mol. The SMILES string of the molecule is O=CCC#Cc1cc([N+](=O)[O-])c(F)cc1F. The van der Waals surface area contributed by atoms with Crippen molar-refractivity contribution >= 4 is 12.0 Å². The molecule has 0 unspecified atom stereocenters. The summed E-state index contributed by atoms with van der Waals surface area (Å²) in [6, 6.07) is 1.09. The van der Waals surface area contributed by atoms with Gasteiger partial charge < -0.3 is 4.79 Å². The molecule has 6 heteroatoms. The number of carbonyl (C=O) groups is 1. The van der Waals surface area contributed by atoms with Gasteiger partial charge in [0, 0.05) is 12.1 Å². The highest BCUT2D eigenvalue weighted by Crippen LogP contribution is 2.20. The third kappa shape index (κ3) is 2.60. The minimum Gasteiger partial charge on any atom is -0.302 e. The fraction of sp³-hybridized carbons (Fsp3) is 0.100. The Labute approximate surface area is 89.0 Å². The van der Waals surface area contributed by atoms with Gasteiger partial charge in [0.15, 0.2) is 0 Å². The summed E-state index contributed by atoms with van der Waals surface area (Å²) in [4.78, 5) is 19.3. The summed E-state index contributed by atoms with van der Waals surface area (Å²) >= 11 is 0. The zero-order chi connectivity index (χ0) is 12.1. The maximum Gasteiger partial charge on any atom is 0.306 e. The molecule has 0 saturated heterocycles. The number of aldehydes is 1. The molecule has 1 aromatic rings. The van der Waals surface area contributed by atoms with Crippen molar-refractivity contribution < 1.29 is 18.5 Å². The average Bonchev–Trinajstić information content (AvgIpc) is 2.21. The Bertz CT molecular complexity index is 503. The van der Waals surface area contributed by atoms with Crippen LogP contribution in [-0.2, 0) is 4.79 Å². The molecule has 82 valence electrons. The molecule has 16 heavy (non-hydrogen) atoms. The van der Waals surface area contributed by atoms with Gasteiger partial charge in [-0.15, -0.1) is 0 Å². The predicted octanol–water partition coefficient (Wildman–Crippen LogP) is 1.81. The molecule has 0 heterocycles. The molecule has 1 rings (SSSR count). The third-order valence-corrected chi connectivity index (χ3v) is 1.64. The zero-order valence-electron chi connectivity index (χ0n) is 7.87. The lowest BCUT2D eigenvalue weighted by Crippen LogP contribution is -1.96. The highest BCUT2D eigenvalue weighted by atomic mass is 19.1. The number of nitrogens with zero attached hydrogens (tertiary/aromatic N) is 1. The first kappa shape index (κ1) is 11.8. The quantitative estimate of drug-likeness (QED) is 0.334. The van der Waals surface area contributed by atoms with Crippen LogP contribution in [0.1, 0.15) is 12.0 Å². The van der Waals surface area contributed by atoms with Crippen LogP contribution >= 0.6 is 0 Å². The Hall–Kier alpha value is -2.29. The Morgan fingerprint density at radius 1 is 1.38 bits per heavy atom. The Morgan fingerprint density at radius 2 is 2.06 bits per heavy atom. The number of carbonyl (C=O) groups excluding carboxylic acids is 1. The predicted molar refractivity (Wildman–Crippen MR) is 50.6 cm³/mol. The molecule has 0 atom stereocenters. The summed E-state index contributed by atoms with van der Waals surface area (Å²) in [6.45, 7) is 0. The lowest BCUT2D eigenvalue weighted by molar-refractivity contribution is -0.387. The minimum atomic E-state index is -1.26. The molecule has 1 aromatic carbocycles. The van der Waals surface area contributed by atoms with E-state index < -0.39 is 22.2 Å². The van der Waals surface area contributed by atoms with Crippen LogP contribution in [0.2, 0.25) is 0 Å². The summed E-state index contributed by atoms with van der Waals surface area (Å²) in [5, 5.41) is 10.4. The number of hydrogen-bond donors (Lipinski definition) is 0. The molecule has 0 aromatic heterocycles. The molecule has 0 bridgehead atoms. The molecule has 0 fully saturated rings. The van der Waals surface area contributed by atoms with Crippen LogP contribution in [0.25, 0.3) is 0 Å². The van der Waals surface area contributed by atoms with Crippen LogP contribution < -0.4 is 0 Å². The number of rotatable bonds is 2. The Morgan fingerprint density at radius 3 is 2.62 bits per heavy atom. The molecular formula is C10H5F2NO3. The van der Waals surface area contributed by atoms with E-state index in [1.54, 1.807) is 0 Å². The number of benzene rings is 1. The van der Waals surface area contributed by atoms with Crippen LogP contribution in [-0.4, -0.2) is 11.2 Å². The molecule has 0 aliphatic rings. The van der Waals surface area contributed by atoms with E-state index in [1.807, 2.05) is 0 Å². The summed E-state index contributed by atoms with van der Waals surface area (Å²) in [5.41, 5.74) is -1.16. The van der Waals surface area contributed by atoms with Crippen LogP contribution in [0.3, 0.4) is 0 Å². The maximum atomic E-state index is 13.1. The van der Waals surface area contributed by atoms with Gasteiger partial charge in [-0.1, -0.05) is 11.8 Å². The van der Waals surface area contributed by atoms with E-state index >= 15 is 0 Å². The van der Waals surface area contributed by atoms with Crippen molar-refractivity contribution in [2.75, 3.05) is 0 Å². The van der Waals surface area contributed by atoms with Gasteiger partial charge in [-0.05, 0) is 0 Å². The molecule has 0 radical (unpaired) electrons. The summed E-state index contributed by atoms with van der Waals surface area (Å²) in [5.74, 6) is 2.22. The standard InChI is InChI=1S/C10H5F2NO3/c11-8-6-9(12)10(13(15)16)5-7(8)3-1-2-4-14/h4-6H,2H2. The van der Waals surface area contributed by atoms with Gasteiger partial charge in [-0.2, -0.15) is 4.39 Å². The van der Waals surface area contributed by atoms with Crippen molar-refractivity contribution in [2.45, 2.75) is 6.42 Å². The Kier molecular flexibility index (Phi) is 3.67. The molecule has 0 aliphatic heterocycles. The van der Waals surface area contributed by atoms with Gasteiger partial charge in [0.25, 0.3) is 0 Å². The van der Waals surface area contributed by atoms with Crippen molar-refractivity contribution in [2.24, 2.45) is 0 Å². The highest BCUT2D eigenvalue weighted by Gasteiger charge is 2.17. The molecule has 0 N–H and O–H groups in total. The first-order valence-electron chi connectivity index (χ1n) is 4.12. The van der Waals surface area contributed by atoms with Crippen molar-refractivity contribution in [3.05, 3.63) is 39.4 Å². The number of nitro benzene ring substituents is 1. The number of nitro groups is 1. The first-order valence-corrected chi connectivity index (χ1v) is 4.12. The van der Waals surface area contributed by atoms with E-state index in [4.69, 9.17) is 0 Å². The van der Waals surface area contributed by atoms with Gasteiger partial charge in [-0.25, -0.2) is 4.39 Å². The lowest BCUT2D eigenvalue weighted by Gasteiger charge is -1.96. The van der Waals surface area contributed by atoms with Crippen molar-refractivity contribution in [1.82, 2.24) is 0 Å². The normalized spacial score (nSPS) is 9.12. The fourth-order valence-corrected chi connectivity index (χ4v) is 0.961. The third-order valence-electron chi connectivity index (χ3n) is 1.64. The van der Waals surface area contributed by atoms with Crippen molar-refractivity contribution in [1.29, 1.82) is 0 Å². The molecule has 4 nitrogen and oxygen atoms in total. The van der Waals surface area contributed by atoms with Crippen LogP contribution in [0.15, 0.2) is 12.1 Å². The molecular weight excluding hydrogens is 220 g/mol. The van der Waals surface area contributed by atoms with Gasteiger partial charge >= 0.3 is 5.69 Å². The first-order chi connectivity index (χ1) is 7.56. The summed E-state index contributed by atoms with van der Waals surface area (Å²) < 4.78 is 26.0. The molecule has 0 aliphatic carbocycles. The van der Waals surface area contributed by atoms with Gasteiger partial charge in [0.05, 0.1) is 16.9 Å². The Balaban J connectivity index is 3.21. The maximum absolute atomic E-state index is 13.1. The van der Waals surface area contributed by atoms with E-state index in [0.29, 0.717) is 18.4 Å². The highest BCUT2D eigenvalue weighted by molar-refractivity contribution is 5.55. The molecule has 0 spiro atoms. The summed E-state index contributed by atoms with van der Waals surface area (Å²) in [7, 11) is 0. The van der Waals surface area contributed by atoms with Crippen molar-refractivity contribution in [3.63, 3.8) is 0 Å². The van der Waals surface area contributed by atoms with E-state index in [1.165, 1.54) is 0 Å². The van der Waals surface area contributed by atoms with E-state index in [0.717, 1.165) is 0 Å². The summed E-state index contributed by atoms with van der Waals surface area (Å²) in [6.07, 6.45) is 0.382. The number of halogens is 2. The topological polar surface area (TPSA) is 60.2 Å². The van der Waals surface area contributed by atoms with Crippen molar-refractivity contribution in [3.8, 4) is 11.8 Å². The van der Waals surface area contributed by atoms with E-state index in [9.17, 15) is 23.7 Å².